The van der Waals surface area contributed by atoms with Crippen LogP contribution in [0.5, 0.6) is 0 Å². The number of nitrogens with zero attached hydrogens (tertiary/aromatic N) is 1. The highest BCUT2D eigenvalue weighted by Gasteiger charge is 2.45. The lowest BCUT2D eigenvalue weighted by atomic mass is 9.95. The molecular formula is C15H25NO5. The zero-order valence-electron chi connectivity index (χ0n) is 13.6. The van der Waals surface area contributed by atoms with Crippen molar-refractivity contribution in [1.82, 2.24) is 4.90 Å². The summed E-state index contributed by atoms with van der Waals surface area (Å²) in [6, 6.07) is -0.814. The predicted molar refractivity (Wildman–Crippen MR) is 77.7 cm³/mol. The Morgan fingerprint density at radius 2 is 1.71 bits per heavy atom. The van der Waals surface area contributed by atoms with Gasteiger partial charge in [0.2, 0.25) is 0 Å². The van der Waals surface area contributed by atoms with Crippen molar-refractivity contribution in [3.05, 3.63) is 11.6 Å². The van der Waals surface area contributed by atoms with Gasteiger partial charge in [-0.05, 0) is 47.1 Å². The van der Waals surface area contributed by atoms with E-state index in [1.165, 1.54) is 11.0 Å². The predicted octanol–water partition coefficient (Wildman–Crippen LogP) is 1.87. The SMILES string of the molecule is CC(C)(C)OC(=O)[C@@H]1/C(=C/CO)CN1C(=O)OC(C)(C)C. The largest absolute Gasteiger partial charge is 0.458 e. The molecule has 120 valence electrons. The molecular weight excluding hydrogens is 274 g/mol. The Hall–Kier alpha value is -1.56. The van der Waals surface area contributed by atoms with E-state index in [0.717, 1.165) is 0 Å². The summed E-state index contributed by atoms with van der Waals surface area (Å²) in [6.45, 7) is 10.6. The molecule has 1 heterocycles. The van der Waals surface area contributed by atoms with Crippen molar-refractivity contribution in [2.75, 3.05) is 13.2 Å². The number of rotatable bonds is 2. The van der Waals surface area contributed by atoms with Crippen LogP contribution in [-0.2, 0) is 14.3 Å². The lowest BCUT2D eigenvalue weighted by molar-refractivity contribution is -0.162. The van der Waals surface area contributed by atoms with E-state index >= 15 is 0 Å². The highest BCUT2D eigenvalue weighted by molar-refractivity contribution is 5.88. The Labute approximate surface area is 125 Å². The minimum atomic E-state index is -0.814. The van der Waals surface area contributed by atoms with E-state index in [9.17, 15) is 9.59 Å². The van der Waals surface area contributed by atoms with Crippen LogP contribution < -0.4 is 0 Å². The van der Waals surface area contributed by atoms with Crippen molar-refractivity contribution in [2.24, 2.45) is 0 Å². The van der Waals surface area contributed by atoms with Gasteiger partial charge in [0.1, 0.15) is 11.2 Å². The van der Waals surface area contributed by atoms with Gasteiger partial charge in [0.25, 0.3) is 0 Å². The van der Waals surface area contributed by atoms with Gasteiger partial charge in [-0.15, -0.1) is 0 Å². The second-order valence-electron chi connectivity index (χ2n) is 7.01. The van der Waals surface area contributed by atoms with E-state index in [1.54, 1.807) is 41.5 Å². The molecule has 0 aromatic carbocycles. The molecule has 0 aliphatic carbocycles. The number of hydrogen-bond acceptors (Lipinski definition) is 5. The molecule has 0 spiro atoms. The Morgan fingerprint density at radius 1 is 1.19 bits per heavy atom. The highest BCUT2D eigenvalue weighted by atomic mass is 16.6. The van der Waals surface area contributed by atoms with E-state index in [4.69, 9.17) is 14.6 Å². The van der Waals surface area contributed by atoms with Gasteiger partial charge in [0.05, 0.1) is 6.61 Å². The third-order valence-corrected chi connectivity index (χ3v) is 2.63. The van der Waals surface area contributed by atoms with Crippen LogP contribution in [0.25, 0.3) is 0 Å². The molecule has 0 bridgehead atoms. The maximum Gasteiger partial charge on any atom is 0.411 e. The van der Waals surface area contributed by atoms with E-state index < -0.39 is 29.3 Å². The van der Waals surface area contributed by atoms with Crippen LogP contribution in [0.15, 0.2) is 11.6 Å². The molecule has 21 heavy (non-hydrogen) atoms. The van der Waals surface area contributed by atoms with Crippen LogP contribution >= 0.6 is 0 Å². The molecule has 1 rings (SSSR count). The van der Waals surface area contributed by atoms with Crippen LogP contribution in [-0.4, -0.2) is 52.5 Å². The summed E-state index contributed by atoms with van der Waals surface area (Å²) in [5.41, 5.74) is -0.611. The van der Waals surface area contributed by atoms with Crippen molar-refractivity contribution in [3.8, 4) is 0 Å². The zero-order chi connectivity index (χ0) is 16.4. The number of aliphatic hydroxyl groups excluding tert-OH is 1. The summed E-state index contributed by atoms with van der Waals surface area (Å²) < 4.78 is 10.6. The Morgan fingerprint density at radius 3 is 2.14 bits per heavy atom. The second kappa shape index (κ2) is 6.05. The quantitative estimate of drug-likeness (QED) is 0.622. The molecule has 0 aromatic rings. The maximum absolute atomic E-state index is 12.2. The number of carbonyl (C=O) groups is 2. The Bertz CT molecular complexity index is 442. The zero-order valence-corrected chi connectivity index (χ0v) is 13.6. The summed E-state index contributed by atoms with van der Waals surface area (Å²) in [5, 5.41) is 8.98. The fourth-order valence-electron chi connectivity index (χ4n) is 1.88. The van der Waals surface area contributed by atoms with Gasteiger partial charge in [-0.3, -0.25) is 4.90 Å². The van der Waals surface area contributed by atoms with Crippen LogP contribution in [0.3, 0.4) is 0 Å². The number of hydrogen-bond donors (Lipinski definition) is 1. The normalized spacial score (nSPS) is 21.0. The smallest absolute Gasteiger partial charge is 0.411 e. The highest BCUT2D eigenvalue weighted by Crippen LogP contribution is 2.28. The van der Waals surface area contributed by atoms with Crippen molar-refractivity contribution >= 4 is 12.1 Å². The van der Waals surface area contributed by atoms with Gasteiger partial charge in [0, 0.05) is 6.54 Å². The molecule has 0 saturated carbocycles. The molecule has 1 amide bonds. The van der Waals surface area contributed by atoms with Gasteiger partial charge in [0.15, 0.2) is 6.04 Å². The third-order valence-electron chi connectivity index (χ3n) is 2.63. The molecule has 1 aliphatic rings. The minimum Gasteiger partial charge on any atom is -0.458 e. The number of carbonyl (C=O) groups excluding carboxylic acids is 2. The summed E-state index contributed by atoms with van der Waals surface area (Å²) in [5.74, 6) is -0.515. The molecule has 1 N–H and O–H groups in total. The second-order valence-corrected chi connectivity index (χ2v) is 7.01. The first kappa shape index (κ1) is 17.5. The van der Waals surface area contributed by atoms with Gasteiger partial charge in [-0.25, -0.2) is 9.59 Å². The lowest BCUT2D eigenvalue weighted by Gasteiger charge is -2.42. The summed E-state index contributed by atoms with van der Waals surface area (Å²) in [7, 11) is 0. The van der Waals surface area contributed by atoms with Crippen molar-refractivity contribution in [2.45, 2.75) is 58.8 Å². The molecule has 1 saturated heterocycles. The van der Waals surface area contributed by atoms with Gasteiger partial charge in [-0.2, -0.15) is 0 Å². The number of likely N-dealkylation sites (tertiary alicyclic amines) is 1. The van der Waals surface area contributed by atoms with E-state index in [0.29, 0.717) is 5.57 Å². The average Bonchev–Trinajstić information content (AvgIpc) is 2.17. The fourth-order valence-corrected chi connectivity index (χ4v) is 1.88. The van der Waals surface area contributed by atoms with Gasteiger partial charge < -0.3 is 14.6 Å². The summed E-state index contributed by atoms with van der Waals surface area (Å²) in [6.07, 6.45) is 0.962. The van der Waals surface area contributed by atoms with E-state index in [-0.39, 0.29) is 13.2 Å². The lowest BCUT2D eigenvalue weighted by Crippen LogP contribution is -2.59. The first-order valence-electron chi connectivity index (χ1n) is 6.97. The van der Waals surface area contributed by atoms with Crippen LogP contribution in [0.2, 0.25) is 0 Å². The molecule has 0 unspecified atom stereocenters. The third kappa shape index (κ3) is 5.04. The van der Waals surface area contributed by atoms with E-state index in [2.05, 4.69) is 0 Å². The van der Waals surface area contributed by atoms with E-state index in [1.807, 2.05) is 0 Å². The standard InChI is InChI=1S/C15H25NO5/c1-14(2,3)20-12(18)11-10(7-8-17)9-16(11)13(19)21-15(4,5)6/h7,11,17H,8-9H2,1-6H3/b10-7+/t11-/m0/s1. The first-order valence-corrected chi connectivity index (χ1v) is 6.97. The minimum absolute atomic E-state index is 0.184. The summed E-state index contributed by atoms with van der Waals surface area (Å²) >= 11 is 0. The fraction of sp³-hybridized carbons (Fsp3) is 0.733. The topological polar surface area (TPSA) is 76.1 Å². The molecule has 0 aromatic heterocycles. The maximum atomic E-state index is 12.2. The monoisotopic (exact) mass is 299 g/mol. The number of ether oxygens (including phenoxy) is 2. The van der Waals surface area contributed by atoms with Crippen LogP contribution in [0, 0.1) is 0 Å². The molecule has 6 nitrogen and oxygen atoms in total. The molecule has 0 radical (unpaired) electrons. The molecule has 1 fully saturated rings. The van der Waals surface area contributed by atoms with Crippen molar-refractivity contribution < 1.29 is 24.2 Å². The molecule has 1 atom stereocenters. The number of esters is 1. The van der Waals surface area contributed by atoms with Crippen molar-refractivity contribution in [1.29, 1.82) is 0 Å². The first-order chi connectivity index (χ1) is 9.44. The van der Waals surface area contributed by atoms with Crippen molar-refractivity contribution in [3.63, 3.8) is 0 Å². The Balaban J connectivity index is 2.85. The Kier molecular flexibility index (Phi) is 5.04. The summed E-state index contributed by atoms with van der Waals surface area (Å²) in [4.78, 5) is 25.6. The average molecular weight is 299 g/mol. The van der Waals surface area contributed by atoms with Crippen LogP contribution in [0.1, 0.15) is 41.5 Å². The molecule has 6 heteroatoms. The molecule has 1 aliphatic heterocycles. The van der Waals surface area contributed by atoms with Gasteiger partial charge >= 0.3 is 12.1 Å². The van der Waals surface area contributed by atoms with Gasteiger partial charge in [-0.1, -0.05) is 6.08 Å². The number of aliphatic hydroxyl groups is 1. The number of amides is 1. The van der Waals surface area contributed by atoms with Crippen LogP contribution in [0.4, 0.5) is 4.79 Å².